The van der Waals surface area contributed by atoms with Gasteiger partial charge in [0, 0.05) is 16.9 Å². The third kappa shape index (κ3) is 1.47. The first-order valence-electron chi connectivity index (χ1n) is 7.78. The van der Waals surface area contributed by atoms with Gasteiger partial charge in [-0.05, 0) is 52.4 Å². The molecular formula is C19H26O. The van der Waals surface area contributed by atoms with E-state index in [4.69, 9.17) is 0 Å². The first-order chi connectivity index (χ1) is 9.20. The number of Topliss-reactive ketones (excluding diaryl/α,β-unsaturated/α-hetero) is 1. The topological polar surface area (TPSA) is 17.1 Å². The Kier molecular flexibility index (Phi) is 2.74. The van der Waals surface area contributed by atoms with Gasteiger partial charge in [-0.3, -0.25) is 4.79 Å². The van der Waals surface area contributed by atoms with Crippen LogP contribution in [-0.2, 0) is 4.79 Å². The maximum Gasteiger partial charge on any atom is 0.163 e. The molecular weight excluding hydrogens is 244 g/mol. The van der Waals surface area contributed by atoms with Crippen LogP contribution in [0.2, 0.25) is 0 Å². The van der Waals surface area contributed by atoms with Crippen LogP contribution in [0, 0.1) is 16.7 Å². The van der Waals surface area contributed by atoms with Gasteiger partial charge in [0.05, 0.1) is 0 Å². The van der Waals surface area contributed by atoms with Crippen molar-refractivity contribution in [2.75, 3.05) is 0 Å². The van der Waals surface area contributed by atoms with E-state index < -0.39 is 0 Å². The van der Waals surface area contributed by atoms with Crippen LogP contribution < -0.4 is 0 Å². The average Bonchev–Trinajstić information content (AvgIpc) is 2.50. The maximum absolute atomic E-state index is 13.0. The van der Waals surface area contributed by atoms with Gasteiger partial charge in [-0.1, -0.05) is 42.2 Å². The molecule has 0 saturated heterocycles. The van der Waals surface area contributed by atoms with Crippen LogP contribution in [0.5, 0.6) is 0 Å². The van der Waals surface area contributed by atoms with Crippen LogP contribution in [0.1, 0.15) is 60.8 Å². The first kappa shape index (κ1) is 13.9. The van der Waals surface area contributed by atoms with Crippen molar-refractivity contribution in [3.8, 4) is 0 Å². The molecule has 3 aliphatic carbocycles. The number of hydrogen-bond donors (Lipinski definition) is 0. The highest BCUT2D eigenvalue weighted by molar-refractivity contribution is 6.03. The summed E-state index contributed by atoms with van der Waals surface area (Å²) in [7, 11) is 0. The minimum atomic E-state index is 0.0281. The molecule has 0 aromatic carbocycles. The summed E-state index contributed by atoms with van der Waals surface area (Å²) in [5.41, 5.74) is 6.93. The Balaban J connectivity index is 2.18. The summed E-state index contributed by atoms with van der Waals surface area (Å²) >= 11 is 0. The number of allylic oxidation sites excluding steroid dienone is 6. The van der Waals surface area contributed by atoms with E-state index in [1.54, 1.807) is 0 Å². The SMILES string of the molecule is CC1=C(C)CC2(C)C(=C1)C(=O)C1CC(C)=C(C)CC12C. The second-order valence-electron chi connectivity index (χ2n) is 7.81. The molecule has 0 radical (unpaired) electrons. The summed E-state index contributed by atoms with van der Waals surface area (Å²) in [6.07, 6.45) is 5.28. The molecule has 3 unspecified atom stereocenters. The molecule has 3 rings (SSSR count). The fraction of sp³-hybridized carbons (Fsp3) is 0.632. The van der Waals surface area contributed by atoms with Crippen LogP contribution in [0.3, 0.4) is 0 Å². The monoisotopic (exact) mass is 270 g/mol. The van der Waals surface area contributed by atoms with Crippen molar-refractivity contribution in [3.05, 3.63) is 33.9 Å². The summed E-state index contributed by atoms with van der Waals surface area (Å²) < 4.78 is 0. The van der Waals surface area contributed by atoms with Crippen molar-refractivity contribution in [1.29, 1.82) is 0 Å². The van der Waals surface area contributed by atoms with Gasteiger partial charge in [0.15, 0.2) is 5.78 Å². The predicted octanol–water partition coefficient (Wildman–Crippen LogP) is 4.99. The van der Waals surface area contributed by atoms with E-state index in [1.165, 1.54) is 22.3 Å². The Hall–Kier alpha value is -1.11. The molecule has 0 aliphatic heterocycles. The first-order valence-corrected chi connectivity index (χ1v) is 7.78. The van der Waals surface area contributed by atoms with Gasteiger partial charge in [0.1, 0.15) is 0 Å². The molecule has 1 heteroatoms. The largest absolute Gasteiger partial charge is 0.294 e. The third-order valence-corrected chi connectivity index (χ3v) is 6.73. The van der Waals surface area contributed by atoms with E-state index in [0.717, 1.165) is 24.8 Å². The molecule has 0 N–H and O–H groups in total. The number of hydrogen-bond acceptors (Lipinski definition) is 1. The van der Waals surface area contributed by atoms with Gasteiger partial charge in [-0.2, -0.15) is 0 Å². The van der Waals surface area contributed by atoms with Gasteiger partial charge in [-0.25, -0.2) is 0 Å². The molecule has 3 aliphatic rings. The van der Waals surface area contributed by atoms with Crippen molar-refractivity contribution < 1.29 is 4.79 Å². The van der Waals surface area contributed by atoms with Crippen LogP contribution >= 0.6 is 0 Å². The number of ketones is 1. The summed E-state index contributed by atoms with van der Waals surface area (Å²) in [6, 6.07) is 0. The lowest BCUT2D eigenvalue weighted by atomic mass is 9.55. The van der Waals surface area contributed by atoms with Crippen LogP contribution in [0.4, 0.5) is 0 Å². The third-order valence-electron chi connectivity index (χ3n) is 6.73. The fourth-order valence-corrected chi connectivity index (χ4v) is 4.80. The molecule has 0 bridgehead atoms. The van der Waals surface area contributed by atoms with Crippen LogP contribution in [0.25, 0.3) is 0 Å². The normalized spacial score (nSPS) is 40.8. The lowest BCUT2D eigenvalue weighted by molar-refractivity contribution is -0.120. The average molecular weight is 270 g/mol. The minimum absolute atomic E-state index is 0.0281. The predicted molar refractivity (Wildman–Crippen MR) is 83.4 cm³/mol. The highest BCUT2D eigenvalue weighted by atomic mass is 16.1. The van der Waals surface area contributed by atoms with Crippen molar-refractivity contribution in [3.63, 3.8) is 0 Å². The number of carbonyl (C=O) groups excluding carboxylic acids is 1. The molecule has 1 fully saturated rings. The summed E-state index contributed by atoms with van der Waals surface area (Å²) in [4.78, 5) is 13.0. The summed E-state index contributed by atoms with van der Waals surface area (Å²) in [5, 5.41) is 0. The molecule has 0 spiro atoms. The van der Waals surface area contributed by atoms with E-state index in [0.29, 0.717) is 5.78 Å². The van der Waals surface area contributed by atoms with Crippen LogP contribution in [0.15, 0.2) is 33.9 Å². The Morgan fingerprint density at radius 3 is 2.30 bits per heavy atom. The quantitative estimate of drug-likeness (QED) is 0.566. The van der Waals surface area contributed by atoms with Gasteiger partial charge >= 0.3 is 0 Å². The Morgan fingerprint density at radius 1 is 1.00 bits per heavy atom. The molecule has 3 atom stereocenters. The highest BCUT2D eigenvalue weighted by Gasteiger charge is 2.62. The van der Waals surface area contributed by atoms with E-state index in [9.17, 15) is 4.79 Å². The number of rotatable bonds is 0. The Morgan fingerprint density at radius 2 is 1.65 bits per heavy atom. The summed E-state index contributed by atoms with van der Waals surface area (Å²) in [6.45, 7) is 13.5. The lowest BCUT2D eigenvalue weighted by Crippen LogP contribution is -2.41. The molecule has 1 nitrogen and oxygen atoms in total. The summed E-state index contributed by atoms with van der Waals surface area (Å²) in [5.74, 6) is 0.620. The molecule has 1 saturated carbocycles. The lowest BCUT2D eigenvalue weighted by Gasteiger charge is -2.48. The van der Waals surface area contributed by atoms with E-state index in [-0.39, 0.29) is 16.7 Å². The maximum atomic E-state index is 13.0. The second kappa shape index (κ2) is 3.96. The molecule has 108 valence electrons. The zero-order chi connectivity index (χ0) is 14.9. The van der Waals surface area contributed by atoms with Gasteiger partial charge in [0.25, 0.3) is 0 Å². The number of carbonyl (C=O) groups is 1. The van der Waals surface area contributed by atoms with Crippen LogP contribution in [-0.4, -0.2) is 5.78 Å². The standard InChI is InChI=1S/C19H26O/c1-11-7-15-17(20)16-8-12(2)14(4)10-19(16,6)18(15,5)9-13(11)3/h7,16H,8-10H2,1-6H3. The zero-order valence-electron chi connectivity index (χ0n) is 13.7. The zero-order valence-corrected chi connectivity index (χ0v) is 13.7. The van der Waals surface area contributed by atoms with Crippen molar-refractivity contribution in [2.24, 2.45) is 16.7 Å². The van der Waals surface area contributed by atoms with Gasteiger partial charge in [-0.15, -0.1) is 0 Å². The minimum Gasteiger partial charge on any atom is -0.294 e. The molecule has 0 amide bonds. The smallest absolute Gasteiger partial charge is 0.163 e. The Labute approximate surface area is 122 Å². The van der Waals surface area contributed by atoms with E-state index in [1.807, 2.05) is 0 Å². The molecule has 0 aromatic heterocycles. The number of fused-ring (bicyclic) bond motifs is 3. The van der Waals surface area contributed by atoms with Gasteiger partial charge in [0.2, 0.25) is 0 Å². The molecule has 0 heterocycles. The molecule has 0 aromatic rings. The highest BCUT2D eigenvalue weighted by Crippen LogP contribution is 2.66. The van der Waals surface area contributed by atoms with Gasteiger partial charge < -0.3 is 0 Å². The van der Waals surface area contributed by atoms with E-state index >= 15 is 0 Å². The van der Waals surface area contributed by atoms with Crippen molar-refractivity contribution in [2.45, 2.75) is 60.8 Å². The Bertz CT molecular complexity index is 601. The second-order valence-corrected chi connectivity index (χ2v) is 7.81. The van der Waals surface area contributed by atoms with Crippen molar-refractivity contribution in [1.82, 2.24) is 0 Å². The fourth-order valence-electron chi connectivity index (χ4n) is 4.80. The van der Waals surface area contributed by atoms with Crippen molar-refractivity contribution >= 4 is 5.78 Å². The van der Waals surface area contributed by atoms with E-state index in [2.05, 4.69) is 47.6 Å². The molecule has 20 heavy (non-hydrogen) atoms.